The van der Waals surface area contributed by atoms with Crippen molar-refractivity contribution in [1.82, 2.24) is 0 Å². The number of halogens is 3. The van der Waals surface area contributed by atoms with Crippen molar-refractivity contribution in [3.05, 3.63) is 76.3 Å². The van der Waals surface area contributed by atoms with Crippen molar-refractivity contribution < 1.29 is 0 Å². The predicted octanol–water partition coefficient (Wildman–Crippen LogP) is 4.77. The number of hydrogen-bond donors (Lipinski definition) is 1. The number of fused-ring (bicyclic) bond motifs is 1. The van der Waals surface area contributed by atoms with Gasteiger partial charge in [-0.1, -0.05) is 59.8 Å². The van der Waals surface area contributed by atoms with Crippen LogP contribution in [0.15, 0.2) is 59.6 Å². The molecule has 1 unspecified atom stereocenters. The van der Waals surface area contributed by atoms with Crippen molar-refractivity contribution in [1.29, 1.82) is 0 Å². The van der Waals surface area contributed by atoms with E-state index in [1.165, 1.54) is 0 Å². The Kier molecular flexibility index (Phi) is 8.22. The van der Waals surface area contributed by atoms with Crippen LogP contribution in [0.4, 0.5) is 0 Å². The normalized spacial score (nSPS) is 13.4. The summed E-state index contributed by atoms with van der Waals surface area (Å²) in [6, 6.07) is 15.8. The molecule has 2 N–H and O–H groups in total. The fourth-order valence-electron chi connectivity index (χ4n) is 2.52. The van der Waals surface area contributed by atoms with Crippen molar-refractivity contribution in [2.45, 2.75) is 13.0 Å². The molecular weight excluding hydrogens is 375 g/mol. The molecule has 2 nitrogen and oxygen atoms in total. The lowest BCUT2D eigenvalue weighted by Gasteiger charge is -2.11. The zero-order chi connectivity index (χ0) is 16.2. The van der Waals surface area contributed by atoms with Crippen LogP contribution in [0.1, 0.15) is 23.6 Å². The van der Waals surface area contributed by atoms with Gasteiger partial charge in [0.1, 0.15) is 0 Å². The van der Waals surface area contributed by atoms with Crippen LogP contribution in [0.2, 0.25) is 5.02 Å². The summed E-state index contributed by atoms with van der Waals surface area (Å²) in [4.78, 5) is 4.74. The van der Waals surface area contributed by atoms with E-state index in [-0.39, 0.29) is 30.9 Å². The van der Waals surface area contributed by atoms with E-state index < -0.39 is 0 Å². The molecule has 3 rings (SSSR count). The fourth-order valence-corrected chi connectivity index (χ4v) is 2.70. The molecule has 0 saturated carbocycles. The van der Waals surface area contributed by atoms with Gasteiger partial charge in [-0.25, -0.2) is 0 Å². The Hall–Kier alpha value is -1.76. The van der Waals surface area contributed by atoms with Crippen LogP contribution < -0.4 is 5.73 Å². The largest absolute Gasteiger partial charge is 0.318 e. The topological polar surface area (TPSA) is 38.4 Å². The van der Waals surface area contributed by atoms with Crippen LogP contribution in [0.3, 0.4) is 0 Å². The van der Waals surface area contributed by atoms with Gasteiger partial charge in [-0.2, -0.15) is 0 Å². The Balaban J connectivity index is 0.00000156. The molecule has 0 bridgehead atoms. The first-order valence-electron chi connectivity index (χ1n) is 7.52. The second-order valence-corrected chi connectivity index (χ2v) is 5.86. The lowest BCUT2D eigenvalue weighted by molar-refractivity contribution is 0.960. The van der Waals surface area contributed by atoms with Crippen molar-refractivity contribution in [3.63, 3.8) is 0 Å². The van der Waals surface area contributed by atoms with Crippen molar-refractivity contribution >= 4 is 47.7 Å². The molecule has 1 aliphatic heterocycles. The van der Waals surface area contributed by atoms with E-state index in [2.05, 4.69) is 24.0 Å². The maximum atomic E-state index is 6.23. The average Bonchev–Trinajstić information content (AvgIpc) is 2.72. The Morgan fingerprint density at radius 3 is 2.48 bits per heavy atom. The minimum absolute atomic E-state index is 0. The molecule has 1 heterocycles. The third-order valence-electron chi connectivity index (χ3n) is 3.55. The number of benzene rings is 2. The summed E-state index contributed by atoms with van der Waals surface area (Å²) in [5.41, 5.74) is 10.8. The summed E-state index contributed by atoms with van der Waals surface area (Å²) in [5, 5.41) is 0.689. The SMILES string of the molecule is CC(N)C#CC1=CCN=C(c2ccccc2)c2cc(Cl)ccc21.Cl.Cl. The number of nitrogens with two attached hydrogens (primary N) is 1. The molecule has 0 fully saturated rings. The van der Waals surface area contributed by atoms with E-state index >= 15 is 0 Å². The zero-order valence-corrected chi connectivity index (χ0v) is 16.1. The third-order valence-corrected chi connectivity index (χ3v) is 3.79. The molecule has 0 radical (unpaired) electrons. The molecule has 0 amide bonds. The summed E-state index contributed by atoms with van der Waals surface area (Å²) in [7, 11) is 0. The molecule has 0 aromatic heterocycles. The molecule has 2 aromatic rings. The van der Waals surface area contributed by atoms with E-state index in [4.69, 9.17) is 22.3 Å². The zero-order valence-electron chi connectivity index (χ0n) is 13.7. The standard InChI is InChI=1S/C20H17ClN2.2ClH/c1-14(22)7-8-15-11-12-23-20(16-5-3-2-4-6-16)19-13-17(21)9-10-18(15)19;;/h2-6,9-11,13-14H,12,22H2,1H3;2*1H. The van der Waals surface area contributed by atoms with Gasteiger partial charge in [-0.05, 0) is 30.7 Å². The maximum absolute atomic E-state index is 6.23. The van der Waals surface area contributed by atoms with Gasteiger partial charge < -0.3 is 5.73 Å². The average molecular weight is 394 g/mol. The minimum Gasteiger partial charge on any atom is -0.318 e. The molecule has 1 aliphatic rings. The van der Waals surface area contributed by atoms with Crippen LogP contribution in [-0.4, -0.2) is 18.3 Å². The highest BCUT2D eigenvalue weighted by atomic mass is 35.5. The summed E-state index contributed by atoms with van der Waals surface area (Å²) >= 11 is 6.23. The molecule has 0 aliphatic carbocycles. The Labute approximate surface area is 166 Å². The molecule has 1 atom stereocenters. The first-order chi connectivity index (χ1) is 11.1. The van der Waals surface area contributed by atoms with Crippen LogP contribution in [0.25, 0.3) is 5.57 Å². The summed E-state index contributed by atoms with van der Waals surface area (Å²) in [5.74, 6) is 6.21. The second-order valence-electron chi connectivity index (χ2n) is 5.42. The van der Waals surface area contributed by atoms with Gasteiger partial charge in [0.05, 0.1) is 18.3 Å². The van der Waals surface area contributed by atoms with Crippen LogP contribution in [0.5, 0.6) is 0 Å². The van der Waals surface area contributed by atoms with Crippen molar-refractivity contribution in [2.24, 2.45) is 10.7 Å². The second kappa shape index (κ2) is 9.65. The number of aliphatic imine (C=N–C) groups is 1. The minimum atomic E-state index is -0.163. The number of allylic oxidation sites excluding steroid dienone is 1. The highest BCUT2D eigenvalue weighted by molar-refractivity contribution is 6.31. The fraction of sp³-hybridized carbons (Fsp3) is 0.150. The quantitative estimate of drug-likeness (QED) is 0.696. The van der Waals surface area contributed by atoms with Gasteiger partial charge in [0, 0.05) is 21.7 Å². The molecule has 5 heteroatoms. The predicted molar refractivity (Wildman–Crippen MR) is 112 cm³/mol. The first kappa shape index (κ1) is 21.3. The van der Waals surface area contributed by atoms with Crippen molar-refractivity contribution in [2.75, 3.05) is 6.54 Å². The summed E-state index contributed by atoms with van der Waals surface area (Å²) < 4.78 is 0. The van der Waals surface area contributed by atoms with Gasteiger partial charge in [-0.15, -0.1) is 24.8 Å². The van der Waals surface area contributed by atoms with Gasteiger partial charge in [0.25, 0.3) is 0 Å². The van der Waals surface area contributed by atoms with Crippen molar-refractivity contribution in [3.8, 4) is 11.8 Å². The smallest absolute Gasteiger partial charge is 0.0729 e. The van der Waals surface area contributed by atoms with Crippen LogP contribution >= 0.6 is 36.4 Å². The highest BCUT2D eigenvalue weighted by Crippen LogP contribution is 2.27. The van der Waals surface area contributed by atoms with E-state index in [0.29, 0.717) is 11.6 Å². The highest BCUT2D eigenvalue weighted by Gasteiger charge is 2.16. The van der Waals surface area contributed by atoms with E-state index in [1.54, 1.807) is 0 Å². The Morgan fingerprint density at radius 2 is 1.80 bits per heavy atom. The number of nitrogens with zero attached hydrogens (tertiary/aromatic N) is 1. The lowest BCUT2D eigenvalue weighted by Crippen LogP contribution is -2.11. The molecule has 130 valence electrons. The van der Waals surface area contributed by atoms with Gasteiger partial charge in [0.15, 0.2) is 0 Å². The van der Waals surface area contributed by atoms with Crippen LogP contribution in [-0.2, 0) is 0 Å². The monoisotopic (exact) mass is 392 g/mol. The van der Waals surface area contributed by atoms with Crippen LogP contribution in [0, 0.1) is 11.8 Å². The van der Waals surface area contributed by atoms with E-state index in [1.807, 2.05) is 49.4 Å². The Bertz CT molecular complexity index is 844. The van der Waals surface area contributed by atoms with E-state index in [9.17, 15) is 0 Å². The van der Waals surface area contributed by atoms with Gasteiger partial charge in [0.2, 0.25) is 0 Å². The summed E-state index contributed by atoms with van der Waals surface area (Å²) in [6.45, 7) is 2.46. The molecule has 0 saturated heterocycles. The van der Waals surface area contributed by atoms with E-state index in [0.717, 1.165) is 28.0 Å². The number of rotatable bonds is 1. The lowest BCUT2D eigenvalue weighted by atomic mass is 9.94. The third kappa shape index (κ3) is 5.11. The number of hydrogen-bond acceptors (Lipinski definition) is 2. The maximum Gasteiger partial charge on any atom is 0.0729 e. The molecule has 0 spiro atoms. The first-order valence-corrected chi connectivity index (χ1v) is 7.90. The molecule has 2 aromatic carbocycles. The molecule has 25 heavy (non-hydrogen) atoms. The Morgan fingerprint density at radius 1 is 1.08 bits per heavy atom. The molecular formula is C20H19Cl3N2. The van der Waals surface area contributed by atoms with Gasteiger partial charge in [-0.3, -0.25) is 4.99 Å². The van der Waals surface area contributed by atoms with Gasteiger partial charge >= 0.3 is 0 Å². The summed E-state index contributed by atoms with van der Waals surface area (Å²) in [6.07, 6.45) is 2.04.